The topological polar surface area (TPSA) is 94.3 Å². The van der Waals surface area contributed by atoms with Crippen LogP contribution in [0, 0.1) is 18.8 Å². The Hall–Kier alpha value is -1.48. The molecule has 0 N–H and O–H groups in total. The van der Waals surface area contributed by atoms with Crippen molar-refractivity contribution in [3.05, 3.63) is 55.5 Å². The number of nitriles is 1. The first-order valence-electron chi connectivity index (χ1n) is 8.09. The van der Waals surface area contributed by atoms with Crippen molar-refractivity contribution in [3.63, 3.8) is 0 Å². The predicted octanol–water partition coefficient (Wildman–Crippen LogP) is 0.125. The van der Waals surface area contributed by atoms with Gasteiger partial charge in [-0.05, 0) is 25.0 Å². The first kappa shape index (κ1) is 32.2. The summed E-state index contributed by atoms with van der Waals surface area (Å²) in [5.74, 6) is 1.26. The molecule has 2 aromatic heterocycles. The molecule has 2 aromatic rings. The molecule has 0 aromatic carbocycles. The zero-order chi connectivity index (χ0) is 19.2. The van der Waals surface area contributed by atoms with Gasteiger partial charge in [0, 0.05) is 44.7 Å². The first-order chi connectivity index (χ1) is 12.6. The van der Waals surface area contributed by atoms with Crippen LogP contribution in [0.3, 0.4) is 0 Å². The SMILES string of the molecule is C1CCOC1.COc1ccnc(C#N)c1.COc1ccnc(C(C)=O)c1.[CH3-].[I-].[Mg+2]. The molecule has 0 saturated carbocycles. The molecule has 7 nitrogen and oxygen atoms in total. The van der Waals surface area contributed by atoms with Crippen LogP contribution < -0.4 is 33.5 Å². The molecule has 9 heteroatoms. The fourth-order valence-corrected chi connectivity index (χ4v) is 1.84. The van der Waals surface area contributed by atoms with Crippen molar-refractivity contribution in [3.8, 4) is 17.6 Å². The summed E-state index contributed by atoms with van der Waals surface area (Å²) in [5, 5.41) is 8.39. The molecule has 0 aliphatic carbocycles. The average Bonchev–Trinajstić information content (AvgIpc) is 3.28. The van der Waals surface area contributed by atoms with Gasteiger partial charge in [-0.3, -0.25) is 9.78 Å². The Morgan fingerprint density at radius 3 is 2.00 bits per heavy atom. The minimum absolute atomic E-state index is 0. The number of aromatic nitrogens is 2. The van der Waals surface area contributed by atoms with E-state index < -0.39 is 0 Å². The second kappa shape index (κ2) is 19.8. The van der Waals surface area contributed by atoms with Gasteiger partial charge in [0.15, 0.2) is 5.78 Å². The van der Waals surface area contributed by atoms with Crippen LogP contribution in [0.2, 0.25) is 0 Å². The van der Waals surface area contributed by atoms with Crippen LogP contribution in [0.4, 0.5) is 0 Å². The van der Waals surface area contributed by atoms with E-state index in [-0.39, 0.29) is 60.2 Å². The zero-order valence-corrected chi connectivity index (χ0v) is 20.9. The van der Waals surface area contributed by atoms with Gasteiger partial charge in [0.2, 0.25) is 0 Å². The van der Waals surface area contributed by atoms with Gasteiger partial charge in [-0.1, -0.05) is 0 Å². The third-order valence-electron chi connectivity index (χ3n) is 3.24. The quantitative estimate of drug-likeness (QED) is 0.244. The third kappa shape index (κ3) is 14.2. The number of rotatable bonds is 3. The normalized spacial score (nSPS) is 10.6. The van der Waals surface area contributed by atoms with E-state index in [1.165, 1.54) is 26.0 Å². The molecule has 0 spiro atoms. The maximum atomic E-state index is 10.8. The Kier molecular flexibility index (Phi) is 22.0. The van der Waals surface area contributed by atoms with Crippen molar-refractivity contribution >= 4 is 28.8 Å². The van der Waals surface area contributed by atoms with Crippen molar-refractivity contribution in [1.82, 2.24) is 9.97 Å². The van der Waals surface area contributed by atoms with Gasteiger partial charge >= 0.3 is 23.1 Å². The summed E-state index contributed by atoms with van der Waals surface area (Å²) in [6, 6.07) is 8.50. The molecule has 0 unspecified atom stereocenters. The van der Waals surface area contributed by atoms with Crippen molar-refractivity contribution in [1.29, 1.82) is 5.26 Å². The number of ketones is 1. The maximum absolute atomic E-state index is 10.8. The van der Waals surface area contributed by atoms with Gasteiger partial charge in [0.1, 0.15) is 29.0 Å². The van der Waals surface area contributed by atoms with Crippen LogP contribution in [-0.2, 0) is 4.74 Å². The number of Topliss-reactive ketones (excluding diaryl/α,β-unsaturated/α-hetero) is 1. The summed E-state index contributed by atoms with van der Waals surface area (Å²) >= 11 is 0. The van der Waals surface area contributed by atoms with Crippen LogP contribution in [-0.4, -0.2) is 66.2 Å². The number of methoxy groups -OCH3 is 2. The molecular formula is C20H26IMgN3O4. The molecule has 3 heterocycles. The molecule has 1 aliphatic rings. The Labute approximate surface area is 206 Å². The Morgan fingerprint density at radius 2 is 1.59 bits per heavy atom. The van der Waals surface area contributed by atoms with Crippen LogP contribution >= 0.6 is 0 Å². The molecule has 1 fully saturated rings. The largest absolute Gasteiger partial charge is 2.00 e. The van der Waals surface area contributed by atoms with E-state index in [2.05, 4.69) is 9.97 Å². The van der Waals surface area contributed by atoms with E-state index in [1.807, 2.05) is 6.07 Å². The van der Waals surface area contributed by atoms with Gasteiger partial charge in [0.05, 0.1) is 14.2 Å². The molecule has 3 rings (SSSR count). The van der Waals surface area contributed by atoms with Crippen LogP contribution in [0.5, 0.6) is 11.5 Å². The summed E-state index contributed by atoms with van der Waals surface area (Å²) < 4.78 is 14.7. The number of halogens is 1. The van der Waals surface area contributed by atoms with Gasteiger partial charge in [-0.25, -0.2) is 4.98 Å². The Bertz CT molecular complexity index is 730. The van der Waals surface area contributed by atoms with E-state index in [1.54, 1.807) is 44.7 Å². The molecule has 154 valence electrons. The summed E-state index contributed by atoms with van der Waals surface area (Å²) in [6.45, 7) is 3.47. The molecule has 1 aliphatic heterocycles. The molecule has 0 atom stereocenters. The minimum atomic E-state index is -0.0519. The molecule has 0 radical (unpaired) electrons. The van der Waals surface area contributed by atoms with E-state index in [9.17, 15) is 4.79 Å². The fourth-order valence-electron chi connectivity index (χ4n) is 1.84. The van der Waals surface area contributed by atoms with Crippen LogP contribution in [0.1, 0.15) is 35.9 Å². The second-order valence-electron chi connectivity index (χ2n) is 5.15. The monoisotopic (exact) mass is 523 g/mol. The van der Waals surface area contributed by atoms with E-state index in [4.69, 9.17) is 19.5 Å². The second-order valence-corrected chi connectivity index (χ2v) is 5.15. The van der Waals surface area contributed by atoms with Crippen molar-refractivity contribution in [2.24, 2.45) is 0 Å². The van der Waals surface area contributed by atoms with Gasteiger partial charge < -0.3 is 45.6 Å². The Morgan fingerprint density at radius 1 is 1.07 bits per heavy atom. The van der Waals surface area contributed by atoms with Gasteiger partial charge in [-0.2, -0.15) is 5.26 Å². The smallest absolute Gasteiger partial charge is 1.00 e. The third-order valence-corrected chi connectivity index (χ3v) is 3.24. The van der Waals surface area contributed by atoms with Crippen molar-refractivity contribution in [2.45, 2.75) is 19.8 Å². The number of carbonyl (C=O) groups excluding carboxylic acids is 1. The predicted molar refractivity (Wildman–Crippen MR) is 109 cm³/mol. The molecule has 1 saturated heterocycles. The van der Waals surface area contributed by atoms with E-state index >= 15 is 0 Å². The van der Waals surface area contributed by atoms with Crippen molar-refractivity contribution in [2.75, 3.05) is 27.4 Å². The maximum Gasteiger partial charge on any atom is 2.00 e. The van der Waals surface area contributed by atoms with E-state index in [0.717, 1.165) is 13.2 Å². The summed E-state index contributed by atoms with van der Waals surface area (Å²) in [5.41, 5.74) is 0.809. The number of ether oxygens (including phenoxy) is 3. The van der Waals surface area contributed by atoms with Crippen molar-refractivity contribution < 1.29 is 43.0 Å². The minimum Gasteiger partial charge on any atom is -1.00 e. The summed E-state index contributed by atoms with van der Waals surface area (Å²) in [7, 11) is 3.11. The molecular weight excluding hydrogens is 497 g/mol. The fraction of sp³-hybridized carbons (Fsp3) is 0.350. The van der Waals surface area contributed by atoms with Crippen LogP contribution in [0.25, 0.3) is 0 Å². The number of carbonyl (C=O) groups is 1. The zero-order valence-electron chi connectivity index (χ0n) is 17.4. The summed E-state index contributed by atoms with van der Waals surface area (Å²) in [6.07, 6.45) is 5.65. The van der Waals surface area contributed by atoms with Crippen LogP contribution in [0.15, 0.2) is 36.7 Å². The number of nitrogens with zero attached hydrogens (tertiary/aromatic N) is 3. The number of hydrogen-bond donors (Lipinski definition) is 0. The number of hydrogen-bond acceptors (Lipinski definition) is 7. The number of pyridine rings is 2. The molecule has 0 amide bonds. The standard InChI is InChI=1S/C8H9NO2.C7H6N2O.C4H8O.CH3.HI.Mg/c1-6(10)8-5-7(11-2)3-4-9-8;1-10-7-2-3-9-6(4-7)5-8;1-2-4-5-3-1;;;/h3-5H,1-2H3;2-4H,1H3;1-4H2;1H3;1H;/q;;;-1;;+2/p-1. The Balaban J connectivity index is -0.000000350. The van der Waals surface area contributed by atoms with Gasteiger partial charge in [0.25, 0.3) is 0 Å². The molecule has 29 heavy (non-hydrogen) atoms. The van der Waals surface area contributed by atoms with Gasteiger partial charge in [-0.15, -0.1) is 0 Å². The average molecular weight is 524 g/mol. The first-order valence-corrected chi connectivity index (χ1v) is 8.09. The molecule has 0 bridgehead atoms. The van der Waals surface area contributed by atoms with E-state index in [0.29, 0.717) is 22.9 Å². The summed E-state index contributed by atoms with van der Waals surface area (Å²) in [4.78, 5) is 18.4.